The van der Waals surface area contributed by atoms with Crippen molar-refractivity contribution in [2.75, 3.05) is 5.75 Å². The van der Waals surface area contributed by atoms with Crippen molar-refractivity contribution in [1.29, 1.82) is 0 Å². The van der Waals surface area contributed by atoms with Gasteiger partial charge in [0.1, 0.15) is 0 Å². The van der Waals surface area contributed by atoms with Gasteiger partial charge in [0.25, 0.3) is 0 Å². The SMILES string of the molecule is C=CC(=O)OS(=O)(=O)CC.N. The molecular weight excluding hydrogens is 170 g/mol. The number of hydrogen-bond acceptors (Lipinski definition) is 5. The monoisotopic (exact) mass is 181 g/mol. The van der Waals surface area contributed by atoms with E-state index in [9.17, 15) is 13.2 Å². The summed E-state index contributed by atoms with van der Waals surface area (Å²) in [6, 6.07) is 0. The molecule has 66 valence electrons. The minimum Gasteiger partial charge on any atom is -0.344 e. The van der Waals surface area contributed by atoms with Crippen molar-refractivity contribution in [3.8, 4) is 0 Å². The van der Waals surface area contributed by atoms with Crippen molar-refractivity contribution in [2.24, 2.45) is 0 Å². The van der Waals surface area contributed by atoms with E-state index in [1.54, 1.807) is 0 Å². The summed E-state index contributed by atoms with van der Waals surface area (Å²) in [5.41, 5.74) is 0. The van der Waals surface area contributed by atoms with Crippen molar-refractivity contribution < 1.29 is 17.4 Å². The number of hydrogen-bond donors (Lipinski definition) is 1. The first-order valence-electron chi connectivity index (χ1n) is 2.60. The molecule has 0 amide bonds. The number of carbonyl (C=O) groups is 1. The Kier molecular flexibility index (Phi) is 5.64. The van der Waals surface area contributed by atoms with Crippen LogP contribution in [0, 0.1) is 0 Å². The molecule has 6 heteroatoms. The zero-order valence-corrected chi connectivity index (χ0v) is 7.06. The summed E-state index contributed by atoms with van der Waals surface area (Å²) < 4.78 is 24.9. The van der Waals surface area contributed by atoms with E-state index >= 15 is 0 Å². The van der Waals surface area contributed by atoms with Gasteiger partial charge in [-0.3, -0.25) is 0 Å². The Hall–Kier alpha value is -0.880. The summed E-state index contributed by atoms with van der Waals surface area (Å²) in [5.74, 6) is -1.16. The molecular formula is C5H11NO4S. The van der Waals surface area contributed by atoms with Gasteiger partial charge in [-0.05, 0) is 6.92 Å². The molecule has 0 aliphatic carbocycles. The van der Waals surface area contributed by atoms with E-state index < -0.39 is 16.1 Å². The van der Waals surface area contributed by atoms with E-state index in [1.807, 2.05) is 0 Å². The molecule has 0 spiro atoms. The maximum absolute atomic E-state index is 10.5. The van der Waals surface area contributed by atoms with Crippen LogP contribution >= 0.6 is 0 Å². The highest BCUT2D eigenvalue weighted by atomic mass is 32.2. The van der Waals surface area contributed by atoms with Crippen LogP contribution in [-0.4, -0.2) is 20.1 Å². The zero-order chi connectivity index (χ0) is 8.20. The molecule has 0 atom stereocenters. The first kappa shape index (κ1) is 12.8. The molecule has 0 rings (SSSR count). The normalized spacial score (nSPS) is 9.55. The fraction of sp³-hybridized carbons (Fsp3) is 0.400. The Balaban J connectivity index is 0. The number of carbonyl (C=O) groups excluding carboxylic acids is 1. The lowest BCUT2D eigenvalue weighted by Crippen LogP contribution is -2.12. The maximum Gasteiger partial charge on any atom is 0.345 e. The van der Waals surface area contributed by atoms with E-state index in [2.05, 4.69) is 10.8 Å². The summed E-state index contributed by atoms with van der Waals surface area (Å²) in [4.78, 5) is 10.3. The fourth-order valence-electron chi connectivity index (χ4n) is 0.218. The van der Waals surface area contributed by atoms with Gasteiger partial charge in [-0.25, -0.2) is 4.79 Å². The highest BCUT2D eigenvalue weighted by molar-refractivity contribution is 7.87. The van der Waals surface area contributed by atoms with Gasteiger partial charge in [-0.1, -0.05) is 6.58 Å². The lowest BCUT2D eigenvalue weighted by Gasteiger charge is -1.97. The summed E-state index contributed by atoms with van der Waals surface area (Å²) >= 11 is 0. The van der Waals surface area contributed by atoms with Crippen LogP contribution in [-0.2, 0) is 19.1 Å². The van der Waals surface area contributed by atoms with Crippen LogP contribution in [0.4, 0.5) is 0 Å². The van der Waals surface area contributed by atoms with Crippen LogP contribution < -0.4 is 6.15 Å². The fourth-order valence-corrected chi connectivity index (χ4v) is 0.654. The molecule has 11 heavy (non-hydrogen) atoms. The average Bonchev–Trinajstić information content (AvgIpc) is 1.87. The Labute approximate surface area is 65.8 Å². The Morgan fingerprint density at radius 2 is 2.09 bits per heavy atom. The lowest BCUT2D eigenvalue weighted by atomic mass is 10.7. The highest BCUT2D eigenvalue weighted by Gasteiger charge is 2.10. The van der Waals surface area contributed by atoms with E-state index in [4.69, 9.17) is 0 Å². The third-order valence-electron chi connectivity index (χ3n) is 0.729. The second kappa shape index (κ2) is 4.86. The predicted molar refractivity (Wildman–Crippen MR) is 40.8 cm³/mol. The third kappa shape index (κ3) is 5.56. The summed E-state index contributed by atoms with van der Waals surface area (Å²) in [6.45, 7) is 4.42. The van der Waals surface area contributed by atoms with Crippen LogP contribution in [0.15, 0.2) is 12.7 Å². The van der Waals surface area contributed by atoms with Gasteiger partial charge < -0.3 is 10.3 Å². The molecule has 0 aromatic rings. The van der Waals surface area contributed by atoms with Crippen molar-refractivity contribution in [1.82, 2.24) is 6.15 Å². The van der Waals surface area contributed by atoms with E-state index in [1.165, 1.54) is 6.92 Å². The molecule has 0 unspecified atom stereocenters. The van der Waals surface area contributed by atoms with Gasteiger partial charge in [0.2, 0.25) is 0 Å². The minimum absolute atomic E-state index is 0. The highest BCUT2D eigenvalue weighted by Crippen LogP contribution is 1.92. The Morgan fingerprint density at radius 1 is 1.64 bits per heavy atom. The first-order valence-corrected chi connectivity index (χ1v) is 4.18. The van der Waals surface area contributed by atoms with Crippen LogP contribution in [0.25, 0.3) is 0 Å². The van der Waals surface area contributed by atoms with E-state index in [0.29, 0.717) is 0 Å². The summed E-state index contributed by atoms with van der Waals surface area (Å²) in [6.07, 6.45) is 0.799. The van der Waals surface area contributed by atoms with E-state index in [-0.39, 0.29) is 11.9 Å². The Morgan fingerprint density at radius 3 is 2.36 bits per heavy atom. The van der Waals surface area contributed by atoms with E-state index in [0.717, 1.165) is 6.08 Å². The smallest absolute Gasteiger partial charge is 0.344 e. The first-order chi connectivity index (χ1) is 4.52. The molecule has 0 saturated heterocycles. The maximum atomic E-state index is 10.5. The molecule has 0 aliphatic rings. The van der Waals surface area contributed by atoms with Crippen molar-refractivity contribution in [3.63, 3.8) is 0 Å². The Bertz CT molecular complexity index is 231. The molecule has 0 aliphatic heterocycles. The van der Waals surface area contributed by atoms with Gasteiger partial charge in [-0.2, -0.15) is 8.42 Å². The zero-order valence-electron chi connectivity index (χ0n) is 6.24. The van der Waals surface area contributed by atoms with Crippen LogP contribution in [0.5, 0.6) is 0 Å². The van der Waals surface area contributed by atoms with Crippen molar-refractivity contribution in [2.45, 2.75) is 6.92 Å². The average molecular weight is 181 g/mol. The second-order valence-electron chi connectivity index (χ2n) is 1.45. The van der Waals surface area contributed by atoms with Crippen LogP contribution in [0.1, 0.15) is 6.92 Å². The molecule has 0 heterocycles. The summed E-state index contributed by atoms with van der Waals surface area (Å²) in [5, 5.41) is 0. The number of rotatable bonds is 3. The quantitative estimate of drug-likeness (QED) is 0.496. The second-order valence-corrected chi connectivity index (χ2v) is 3.31. The molecule has 0 radical (unpaired) electrons. The molecule has 5 nitrogen and oxygen atoms in total. The topological polar surface area (TPSA) is 95.4 Å². The van der Waals surface area contributed by atoms with Crippen LogP contribution in [0.3, 0.4) is 0 Å². The molecule has 0 aromatic heterocycles. The van der Waals surface area contributed by atoms with Gasteiger partial charge >= 0.3 is 16.1 Å². The van der Waals surface area contributed by atoms with Gasteiger partial charge in [0, 0.05) is 6.08 Å². The summed E-state index contributed by atoms with van der Waals surface area (Å²) in [7, 11) is -3.65. The molecule has 0 saturated carbocycles. The van der Waals surface area contributed by atoms with Gasteiger partial charge in [0.05, 0.1) is 5.75 Å². The molecule has 0 aromatic carbocycles. The van der Waals surface area contributed by atoms with Crippen LogP contribution in [0.2, 0.25) is 0 Å². The van der Waals surface area contributed by atoms with Crippen molar-refractivity contribution >= 4 is 16.1 Å². The minimum atomic E-state index is -3.65. The molecule has 0 bridgehead atoms. The van der Waals surface area contributed by atoms with Gasteiger partial charge in [-0.15, -0.1) is 0 Å². The standard InChI is InChI=1S/C5H8O4S.H3N/c1-3-5(6)9-10(7,8)4-2;/h3H,1,4H2,2H3;1H3. The van der Waals surface area contributed by atoms with Crippen molar-refractivity contribution in [3.05, 3.63) is 12.7 Å². The largest absolute Gasteiger partial charge is 0.345 e. The lowest BCUT2D eigenvalue weighted by molar-refractivity contribution is -0.128. The molecule has 0 fully saturated rings. The third-order valence-corrected chi connectivity index (χ3v) is 1.85. The predicted octanol–water partition coefficient (Wildman–Crippen LogP) is 0.227. The molecule has 3 N–H and O–H groups in total. The van der Waals surface area contributed by atoms with Gasteiger partial charge in [0.15, 0.2) is 0 Å².